The van der Waals surface area contributed by atoms with Gasteiger partial charge in [-0.2, -0.15) is 0 Å². The lowest BCUT2D eigenvalue weighted by atomic mass is 10.2. The van der Waals surface area contributed by atoms with Crippen molar-refractivity contribution in [2.75, 3.05) is 19.6 Å². The Morgan fingerprint density at radius 2 is 1.68 bits per heavy atom. The van der Waals surface area contributed by atoms with Crippen LogP contribution >= 0.6 is 0 Å². The van der Waals surface area contributed by atoms with Gasteiger partial charge in [-0.1, -0.05) is 12.8 Å². The van der Waals surface area contributed by atoms with Gasteiger partial charge in [-0.25, -0.2) is 4.79 Å². The second kappa shape index (κ2) is 6.37. The van der Waals surface area contributed by atoms with E-state index in [2.05, 4.69) is 4.90 Å². The number of amides is 1. The smallest absolute Gasteiger partial charge is 0.326 e. The Balaban J connectivity index is 1.99. The minimum absolute atomic E-state index is 0.00759. The van der Waals surface area contributed by atoms with Gasteiger partial charge in [0.25, 0.3) is 0 Å². The molecule has 0 aliphatic carbocycles. The maximum atomic E-state index is 12.5. The summed E-state index contributed by atoms with van der Waals surface area (Å²) in [6, 6.07) is -0.792. The fourth-order valence-corrected chi connectivity index (χ4v) is 3.17. The number of carbonyl (C=O) groups is 2. The minimum Gasteiger partial charge on any atom is -0.480 e. The SMILES string of the molecule is C[C@H](C(=O)N1CCC[C@@H]1C(=O)O)N1CCCCCC1. The second-order valence-corrected chi connectivity index (χ2v) is 5.65. The lowest BCUT2D eigenvalue weighted by Crippen LogP contribution is -2.50. The van der Waals surface area contributed by atoms with Gasteiger partial charge in [-0.15, -0.1) is 0 Å². The molecule has 0 spiro atoms. The highest BCUT2D eigenvalue weighted by atomic mass is 16.4. The predicted molar refractivity (Wildman–Crippen MR) is 71.9 cm³/mol. The van der Waals surface area contributed by atoms with Crippen molar-refractivity contribution in [1.29, 1.82) is 0 Å². The Hall–Kier alpha value is -1.10. The highest BCUT2D eigenvalue weighted by Crippen LogP contribution is 2.21. The topological polar surface area (TPSA) is 60.9 Å². The molecule has 0 aromatic carbocycles. The zero-order valence-electron chi connectivity index (χ0n) is 11.7. The van der Waals surface area contributed by atoms with E-state index in [-0.39, 0.29) is 11.9 Å². The molecule has 2 heterocycles. The summed E-state index contributed by atoms with van der Waals surface area (Å²) in [5.74, 6) is -0.874. The van der Waals surface area contributed by atoms with Gasteiger partial charge in [-0.05, 0) is 45.7 Å². The van der Waals surface area contributed by atoms with Crippen LogP contribution in [0.4, 0.5) is 0 Å². The number of nitrogens with zero attached hydrogens (tertiary/aromatic N) is 2. The van der Waals surface area contributed by atoms with Gasteiger partial charge in [-0.3, -0.25) is 9.69 Å². The zero-order chi connectivity index (χ0) is 13.8. The molecule has 1 N–H and O–H groups in total. The van der Waals surface area contributed by atoms with Gasteiger partial charge < -0.3 is 10.0 Å². The lowest BCUT2D eigenvalue weighted by Gasteiger charge is -2.31. The third-order valence-electron chi connectivity index (χ3n) is 4.37. The Morgan fingerprint density at radius 3 is 2.26 bits per heavy atom. The number of aliphatic carboxylic acids is 1. The molecule has 2 aliphatic heterocycles. The summed E-state index contributed by atoms with van der Waals surface area (Å²) in [7, 11) is 0. The number of carboxylic acid groups (broad SMARTS) is 1. The van der Waals surface area contributed by atoms with E-state index in [1.54, 1.807) is 4.90 Å². The second-order valence-electron chi connectivity index (χ2n) is 5.65. The molecule has 5 nitrogen and oxygen atoms in total. The molecule has 2 saturated heterocycles. The molecule has 0 bridgehead atoms. The quantitative estimate of drug-likeness (QED) is 0.839. The molecule has 2 atom stereocenters. The molecule has 0 unspecified atom stereocenters. The van der Waals surface area contributed by atoms with E-state index in [4.69, 9.17) is 5.11 Å². The van der Waals surface area contributed by atoms with Crippen LogP contribution < -0.4 is 0 Å². The van der Waals surface area contributed by atoms with Gasteiger partial charge >= 0.3 is 5.97 Å². The first-order chi connectivity index (χ1) is 9.11. The van der Waals surface area contributed by atoms with Gasteiger partial charge in [0, 0.05) is 6.54 Å². The summed E-state index contributed by atoms with van der Waals surface area (Å²) in [6.07, 6.45) is 6.14. The third-order valence-corrected chi connectivity index (χ3v) is 4.37. The molecule has 0 saturated carbocycles. The minimum atomic E-state index is -0.867. The monoisotopic (exact) mass is 268 g/mol. The number of hydrogen-bond acceptors (Lipinski definition) is 3. The van der Waals surface area contributed by atoms with E-state index in [9.17, 15) is 9.59 Å². The highest BCUT2D eigenvalue weighted by molar-refractivity contribution is 5.87. The number of hydrogen-bond donors (Lipinski definition) is 1. The average Bonchev–Trinajstić information content (AvgIpc) is 2.73. The zero-order valence-corrected chi connectivity index (χ0v) is 11.7. The van der Waals surface area contributed by atoms with Crippen LogP contribution in [0, 0.1) is 0 Å². The third kappa shape index (κ3) is 3.26. The first kappa shape index (κ1) is 14.3. The number of carbonyl (C=O) groups excluding carboxylic acids is 1. The summed E-state index contributed by atoms with van der Waals surface area (Å²) in [4.78, 5) is 27.4. The van der Waals surface area contributed by atoms with E-state index in [1.165, 1.54) is 12.8 Å². The van der Waals surface area contributed by atoms with Crippen molar-refractivity contribution in [2.24, 2.45) is 0 Å². The van der Waals surface area contributed by atoms with Crippen molar-refractivity contribution < 1.29 is 14.7 Å². The summed E-state index contributed by atoms with van der Waals surface area (Å²) in [5.41, 5.74) is 0. The van der Waals surface area contributed by atoms with Gasteiger partial charge in [0.2, 0.25) is 5.91 Å². The number of carboxylic acids is 1. The molecule has 5 heteroatoms. The van der Waals surface area contributed by atoms with Crippen LogP contribution in [0.1, 0.15) is 45.4 Å². The van der Waals surface area contributed by atoms with Crippen LogP contribution in [0.3, 0.4) is 0 Å². The largest absolute Gasteiger partial charge is 0.480 e. The van der Waals surface area contributed by atoms with E-state index in [0.717, 1.165) is 32.4 Å². The fourth-order valence-electron chi connectivity index (χ4n) is 3.17. The van der Waals surface area contributed by atoms with Crippen molar-refractivity contribution in [2.45, 2.75) is 57.5 Å². The van der Waals surface area contributed by atoms with E-state index >= 15 is 0 Å². The van der Waals surface area contributed by atoms with Crippen LogP contribution in [0.15, 0.2) is 0 Å². The molecular formula is C14H24N2O3. The Kier molecular flexibility index (Phi) is 4.80. The lowest BCUT2D eigenvalue weighted by molar-refractivity contribution is -0.150. The highest BCUT2D eigenvalue weighted by Gasteiger charge is 2.37. The molecule has 0 radical (unpaired) electrons. The first-order valence-electron chi connectivity index (χ1n) is 7.38. The number of likely N-dealkylation sites (tertiary alicyclic amines) is 2. The Morgan fingerprint density at radius 1 is 1.05 bits per heavy atom. The molecule has 1 amide bonds. The Labute approximate surface area is 114 Å². The number of rotatable bonds is 3. The summed E-state index contributed by atoms with van der Waals surface area (Å²) >= 11 is 0. The van der Waals surface area contributed by atoms with Crippen LogP contribution in [-0.4, -0.2) is 58.5 Å². The maximum Gasteiger partial charge on any atom is 0.326 e. The molecule has 0 aromatic rings. The van der Waals surface area contributed by atoms with Crippen LogP contribution in [-0.2, 0) is 9.59 Å². The summed E-state index contributed by atoms with van der Waals surface area (Å²) in [6.45, 7) is 4.43. The molecule has 0 aromatic heterocycles. The van der Waals surface area contributed by atoms with Crippen LogP contribution in [0.2, 0.25) is 0 Å². The molecular weight excluding hydrogens is 244 g/mol. The van der Waals surface area contributed by atoms with Crippen molar-refractivity contribution >= 4 is 11.9 Å². The maximum absolute atomic E-state index is 12.5. The molecule has 2 rings (SSSR count). The van der Waals surface area contributed by atoms with Crippen molar-refractivity contribution in [3.05, 3.63) is 0 Å². The van der Waals surface area contributed by atoms with Gasteiger partial charge in [0.05, 0.1) is 6.04 Å². The van der Waals surface area contributed by atoms with Crippen molar-refractivity contribution in [3.63, 3.8) is 0 Å². The van der Waals surface area contributed by atoms with E-state index in [0.29, 0.717) is 13.0 Å². The summed E-state index contributed by atoms with van der Waals surface area (Å²) < 4.78 is 0. The van der Waals surface area contributed by atoms with Crippen LogP contribution in [0.25, 0.3) is 0 Å². The fraction of sp³-hybridized carbons (Fsp3) is 0.857. The van der Waals surface area contributed by atoms with Gasteiger partial charge in [0.15, 0.2) is 0 Å². The Bertz CT molecular complexity index is 338. The van der Waals surface area contributed by atoms with Gasteiger partial charge in [0.1, 0.15) is 6.04 Å². The van der Waals surface area contributed by atoms with E-state index < -0.39 is 12.0 Å². The van der Waals surface area contributed by atoms with E-state index in [1.807, 2.05) is 6.92 Å². The molecule has 2 aliphatic rings. The van der Waals surface area contributed by atoms with Crippen molar-refractivity contribution in [3.8, 4) is 0 Å². The van der Waals surface area contributed by atoms with Crippen molar-refractivity contribution in [1.82, 2.24) is 9.80 Å². The molecule has 19 heavy (non-hydrogen) atoms. The molecule has 108 valence electrons. The predicted octanol–water partition coefficient (Wildman–Crippen LogP) is 1.33. The first-order valence-corrected chi connectivity index (χ1v) is 7.38. The molecule has 2 fully saturated rings. The summed E-state index contributed by atoms with van der Waals surface area (Å²) in [5, 5.41) is 9.16. The standard InChI is InChI=1S/C14H24N2O3/c1-11(15-8-4-2-3-5-9-15)13(17)16-10-6-7-12(16)14(18)19/h11-12H,2-10H2,1H3,(H,18,19)/t11-,12-/m1/s1. The normalized spacial score (nSPS) is 27.0. The average molecular weight is 268 g/mol. The van der Waals surface area contributed by atoms with Crippen LogP contribution in [0.5, 0.6) is 0 Å².